The maximum absolute atomic E-state index is 13.4. The van der Waals surface area contributed by atoms with Crippen LogP contribution < -0.4 is 14.4 Å². The summed E-state index contributed by atoms with van der Waals surface area (Å²) in [5.41, 5.74) is 1.12. The Morgan fingerprint density at radius 1 is 1.12 bits per heavy atom. The van der Waals surface area contributed by atoms with Crippen LogP contribution in [0, 0.1) is 6.92 Å². The Bertz CT molecular complexity index is 1130. The number of furan rings is 1. The number of carbonyl (C=O) groups excluding carboxylic acids is 1. The molecule has 1 amide bonds. The first-order chi connectivity index (χ1) is 15.9. The monoisotopic (exact) mass is 488 g/mol. The number of anilines is 1. The van der Waals surface area contributed by atoms with E-state index in [2.05, 4.69) is 5.32 Å². The van der Waals surface area contributed by atoms with Crippen LogP contribution in [0.2, 0.25) is 0 Å². The van der Waals surface area contributed by atoms with Crippen LogP contribution in [-0.4, -0.2) is 40.3 Å². The zero-order valence-electron chi connectivity index (χ0n) is 18.7. The summed E-state index contributed by atoms with van der Waals surface area (Å²) in [6.07, 6.45) is 2.42. The maximum atomic E-state index is 13.4. The molecule has 0 saturated carbocycles. The van der Waals surface area contributed by atoms with Crippen LogP contribution in [0.15, 0.2) is 76.2 Å². The van der Waals surface area contributed by atoms with Crippen molar-refractivity contribution in [3.8, 4) is 5.75 Å². The molecule has 9 heteroatoms. The van der Waals surface area contributed by atoms with Gasteiger partial charge in [-0.15, -0.1) is 0 Å². The molecule has 0 unspecified atom stereocenters. The van der Waals surface area contributed by atoms with Crippen LogP contribution in [0.25, 0.3) is 0 Å². The third-order valence-corrected chi connectivity index (χ3v) is 7.73. The van der Waals surface area contributed by atoms with Gasteiger partial charge >= 0.3 is 0 Å². The van der Waals surface area contributed by atoms with E-state index in [0.717, 1.165) is 28.0 Å². The van der Waals surface area contributed by atoms with Crippen molar-refractivity contribution in [2.24, 2.45) is 0 Å². The van der Waals surface area contributed by atoms with Gasteiger partial charge in [0, 0.05) is 6.54 Å². The molecule has 0 aliphatic heterocycles. The first-order valence-electron chi connectivity index (χ1n) is 10.5. The van der Waals surface area contributed by atoms with Gasteiger partial charge in [-0.25, -0.2) is 8.42 Å². The van der Waals surface area contributed by atoms with E-state index >= 15 is 0 Å². The largest absolute Gasteiger partial charge is 0.496 e. The summed E-state index contributed by atoms with van der Waals surface area (Å²) in [5.74, 6) is 2.79. The third-order valence-electron chi connectivity index (χ3n) is 4.90. The summed E-state index contributed by atoms with van der Waals surface area (Å²) in [6, 6.07) is 17.1. The molecule has 0 atom stereocenters. The molecule has 33 heavy (non-hydrogen) atoms. The highest BCUT2D eigenvalue weighted by molar-refractivity contribution is 7.98. The van der Waals surface area contributed by atoms with Gasteiger partial charge in [0.05, 0.1) is 29.7 Å². The number of ether oxygens (including phenoxy) is 1. The van der Waals surface area contributed by atoms with E-state index in [4.69, 9.17) is 9.15 Å². The van der Waals surface area contributed by atoms with Gasteiger partial charge in [0.1, 0.15) is 18.1 Å². The van der Waals surface area contributed by atoms with Gasteiger partial charge in [0.15, 0.2) is 0 Å². The number of benzene rings is 2. The topological polar surface area (TPSA) is 88.9 Å². The Morgan fingerprint density at radius 2 is 1.91 bits per heavy atom. The zero-order chi connectivity index (χ0) is 23.7. The zero-order valence-corrected chi connectivity index (χ0v) is 20.3. The van der Waals surface area contributed by atoms with Gasteiger partial charge in [-0.3, -0.25) is 9.10 Å². The minimum absolute atomic E-state index is 0.103. The first-order valence-corrected chi connectivity index (χ1v) is 13.1. The maximum Gasteiger partial charge on any atom is 0.264 e. The highest BCUT2D eigenvalue weighted by Gasteiger charge is 2.27. The van der Waals surface area contributed by atoms with Crippen LogP contribution in [0.1, 0.15) is 17.7 Å². The lowest BCUT2D eigenvalue weighted by Gasteiger charge is -2.24. The molecule has 0 aliphatic rings. The molecule has 0 fully saturated rings. The fourth-order valence-electron chi connectivity index (χ4n) is 3.20. The Hall–Kier alpha value is -2.91. The number of thioether (sulfide) groups is 1. The van der Waals surface area contributed by atoms with E-state index in [1.54, 1.807) is 67.4 Å². The molecule has 0 bridgehead atoms. The number of nitrogens with zero attached hydrogens (tertiary/aromatic N) is 1. The first kappa shape index (κ1) is 24.7. The highest BCUT2D eigenvalue weighted by atomic mass is 32.2. The highest BCUT2D eigenvalue weighted by Crippen LogP contribution is 2.27. The third kappa shape index (κ3) is 6.79. The van der Waals surface area contributed by atoms with Crippen molar-refractivity contribution in [1.82, 2.24) is 5.32 Å². The molecule has 3 aromatic rings. The lowest BCUT2D eigenvalue weighted by atomic mass is 10.2. The van der Waals surface area contributed by atoms with Gasteiger partial charge < -0.3 is 14.5 Å². The Kier molecular flexibility index (Phi) is 8.85. The van der Waals surface area contributed by atoms with Crippen LogP contribution in [0.4, 0.5) is 5.69 Å². The number of hydrogen-bond acceptors (Lipinski definition) is 6. The summed E-state index contributed by atoms with van der Waals surface area (Å²) < 4.78 is 38.5. The summed E-state index contributed by atoms with van der Waals surface area (Å²) in [7, 11) is -2.42. The molecule has 0 spiro atoms. The van der Waals surface area contributed by atoms with E-state index in [9.17, 15) is 13.2 Å². The average Bonchev–Trinajstić information content (AvgIpc) is 3.33. The van der Waals surface area contributed by atoms with Crippen molar-refractivity contribution in [3.05, 3.63) is 78.3 Å². The number of nitrogens with one attached hydrogen (secondary N) is 1. The molecule has 2 aromatic carbocycles. The van der Waals surface area contributed by atoms with Crippen LogP contribution in [-0.2, 0) is 20.6 Å². The lowest BCUT2D eigenvalue weighted by Crippen LogP contribution is -2.41. The molecule has 1 heterocycles. The Balaban J connectivity index is 1.63. The van der Waals surface area contributed by atoms with Gasteiger partial charge in [-0.2, -0.15) is 11.8 Å². The minimum Gasteiger partial charge on any atom is -0.496 e. The fourth-order valence-corrected chi connectivity index (χ4v) is 5.57. The lowest BCUT2D eigenvalue weighted by molar-refractivity contribution is -0.119. The summed E-state index contributed by atoms with van der Waals surface area (Å²) in [6.45, 7) is 1.94. The number of aryl methyl sites for hydroxylation is 1. The van der Waals surface area contributed by atoms with Crippen LogP contribution in [0.5, 0.6) is 5.75 Å². The normalized spacial score (nSPS) is 11.2. The molecular formula is C24H28N2O5S2. The van der Waals surface area contributed by atoms with Crippen molar-refractivity contribution >= 4 is 33.4 Å². The predicted octanol–water partition coefficient (Wildman–Crippen LogP) is 4.23. The molecule has 0 saturated heterocycles. The van der Waals surface area contributed by atoms with E-state index in [1.807, 2.05) is 12.1 Å². The number of para-hydroxylation sites is 1. The summed E-state index contributed by atoms with van der Waals surface area (Å²) >= 11 is 1.72. The second kappa shape index (κ2) is 11.8. The Labute approximate surface area is 199 Å². The fraction of sp³-hybridized carbons (Fsp3) is 0.292. The Morgan fingerprint density at radius 3 is 2.58 bits per heavy atom. The van der Waals surface area contributed by atoms with Crippen molar-refractivity contribution in [1.29, 1.82) is 0 Å². The number of hydrogen-bond donors (Lipinski definition) is 1. The quantitative estimate of drug-likeness (QED) is 0.384. The molecule has 7 nitrogen and oxygen atoms in total. The van der Waals surface area contributed by atoms with Gasteiger partial charge in [-0.05, 0) is 67.1 Å². The number of amides is 1. The van der Waals surface area contributed by atoms with Crippen molar-refractivity contribution in [2.45, 2.75) is 24.0 Å². The van der Waals surface area contributed by atoms with Crippen LogP contribution >= 0.6 is 11.8 Å². The van der Waals surface area contributed by atoms with Crippen molar-refractivity contribution < 1.29 is 22.4 Å². The number of methoxy groups -OCH3 is 1. The van der Waals surface area contributed by atoms with E-state index < -0.39 is 10.0 Å². The second-order valence-corrected chi connectivity index (χ2v) is 10.3. The van der Waals surface area contributed by atoms with E-state index in [1.165, 1.54) is 13.2 Å². The minimum atomic E-state index is -3.96. The standard InChI is InChI=1S/C24H28N2O5S2/c1-19-16-22(11-12-23(19)30-2)33(28,29)26(20-8-4-3-5-9-20)17-24(27)25-13-7-15-32-18-21-10-6-14-31-21/h3-6,8-12,14,16H,7,13,15,17-18H2,1-2H3,(H,25,27). The molecule has 0 aliphatic carbocycles. The summed E-state index contributed by atoms with van der Waals surface area (Å²) in [4.78, 5) is 12.7. The average molecular weight is 489 g/mol. The second-order valence-electron chi connectivity index (χ2n) is 7.31. The molecule has 3 rings (SSSR count). The van der Waals surface area contributed by atoms with E-state index in [0.29, 0.717) is 23.5 Å². The number of sulfonamides is 1. The van der Waals surface area contributed by atoms with Crippen molar-refractivity contribution in [2.75, 3.05) is 30.3 Å². The molecule has 1 N–H and O–H groups in total. The molecule has 0 radical (unpaired) electrons. The molecule has 176 valence electrons. The van der Waals surface area contributed by atoms with Crippen LogP contribution in [0.3, 0.4) is 0 Å². The number of carbonyl (C=O) groups is 1. The van der Waals surface area contributed by atoms with Gasteiger partial charge in [-0.1, -0.05) is 18.2 Å². The smallest absolute Gasteiger partial charge is 0.264 e. The SMILES string of the molecule is COc1ccc(S(=O)(=O)N(CC(=O)NCCCSCc2ccco2)c2ccccc2)cc1C. The van der Waals surface area contributed by atoms with Crippen molar-refractivity contribution in [3.63, 3.8) is 0 Å². The predicted molar refractivity (Wildman–Crippen MR) is 131 cm³/mol. The molecular weight excluding hydrogens is 460 g/mol. The van der Waals surface area contributed by atoms with E-state index in [-0.39, 0.29) is 17.3 Å². The van der Waals surface area contributed by atoms with Gasteiger partial charge in [0.25, 0.3) is 10.0 Å². The summed E-state index contributed by atoms with van der Waals surface area (Å²) in [5, 5.41) is 2.83. The molecule has 1 aromatic heterocycles. The van der Waals surface area contributed by atoms with Gasteiger partial charge in [0.2, 0.25) is 5.91 Å². The number of rotatable bonds is 12.